The Morgan fingerprint density at radius 3 is 2.67 bits per heavy atom. The second-order valence-corrected chi connectivity index (χ2v) is 9.72. The highest BCUT2D eigenvalue weighted by molar-refractivity contribution is 5.87. The van der Waals surface area contributed by atoms with Gasteiger partial charge < -0.3 is 20.2 Å². The predicted octanol–water partition coefficient (Wildman–Crippen LogP) is 3.61. The summed E-state index contributed by atoms with van der Waals surface area (Å²) in [6.07, 6.45) is 3.27. The zero-order chi connectivity index (χ0) is 25.9. The molecule has 0 fully saturated rings. The summed E-state index contributed by atoms with van der Waals surface area (Å²) in [5, 5.41) is 4.59. The van der Waals surface area contributed by atoms with Crippen molar-refractivity contribution in [2.75, 3.05) is 19.7 Å². The fourth-order valence-electron chi connectivity index (χ4n) is 4.31. The third-order valence-corrected chi connectivity index (χ3v) is 5.84. The molecule has 0 radical (unpaired) electrons. The Morgan fingerprint density at radius 2 is 1.97 bits per heavy atom. The Morgan fingerprint density at radius 1 is 1.22 bits per heavy atom. The van der Waals surface area contributed by atoms with Gasteiger partial charge in [0.2, 0.25) is 0 Å². The number of nitrogens with one attached hydrogen (secondary N) is 2. The van der Waals surface area contributed by atoms with Gasteiger partial charge in [0.05, 0.1) is 18.0 Å². The number of aryl methyl sites for hydroxylation is 1. The molecule has 10 heteroatoms. The molecule has 2 aliphatic rings. The molecule has 1 atom stereocenters. The number of amides is 1. The Labute approximate surface area is 210 Å². The van der Waals surface area contributed by atoms with E-state index in [9.17, 15) is 14.0 Å². The number of ether oxygens (including phenoxy) is 2. The van der Waals surface area contributed by atoms with Crippen molar-refractivity contribution in [3.05, 3.63) is 53.1 Å². The number of fused-ring (bicyclic) bond motifs is 2. The SMILES string of the molecule is CCOC(=O)C1C2=C(NN1CCCNC(=O)OC(C)(C)C)c1nc(-c3ccc(F)cc3)ncc1CC2. The van der Waals surface area contributed by atoms with Crippen LogP contribution in [0.15, 0.2) is 36.0 Å². The van der Waals surface area contributed by atoms with Crippen molar-refractivity contribution in [3.8, 4) is 11.4 Å². The van der Waals surface area contributed by atoms with Gasteiger partial charge in [0.1, 0.15) is 17.5 Å². The predicted molar refractivity (Wildman–Crippen MR) is 132 cm³/mol. The molecule has 1 aromatic heterocycles. The molecule has 9 nitrogen and oxygen atoms in total. The minimum atomic E-state index is -0.584. The Kier molecular flexibility index (Phi) is 7.53. The number of nitrogens with zero attached hydrogens (tertiary/aromatic N) is 3. The van der Waals surface area contributed by atoms with E-state index in [0.29, 0.717) is 43.7 Å². The van der Waals surface area contributed by atoms with Crippen LogP contribution in [0.3, 0.4) is 0 Å². The van der Waals surface area contributed by atoms with Gasteiger partial charge in [-0.15, -0.1) is 0 Å². The fraction of sp³-hybridized carbons (Fsp3) is 0.462. The maximum atomic E-state index is 13.4. The number of esters is 1. The molecule has 1 amide bonds. The van der Waals surface area contributed by atoms with Crippen LogP contribution in [0, 0.1) is 5.82 Å². The summed E-state index contributed by atoms with van der Waals surface area (Å²) < 4.78 is 24.0. The molecule has 0 spiro atoms. The number of hydrogen-bond donors (Lipinski definition) is 2. The van der Waals surface area contributed by atoms with Crippen LogP contribution in [0.1, 0.15) is 51.8 Å². The van der Waals surface area contributed by atoms with Gasteiger partial charge in [-0.25, -0.2) is 29.0 Å². The minimum absolute atomic E-state index is 0.277. The van der Waals surface area contributed by atoms with Crippen molar-refractivity contribution < 1.29 is 23.5 Å². The summed E-state index contributed by atoms with van der Waals surface area (Å²) in [4.78, 5) is 34.1. The summed E-state index contributed by atoms with van der Waals surface area (Å²) in [5.74, 6) is -0.170. The molecule has 2 N–H and O–H groups in total. The summed E-state index contributed by atoms with van der Waals surface area (Å²) in [7, 11) is 0. The molecule has 2 aromatic rings. The number of halogens is 1. The molecule has 1 aliphatic heterocycles. The van der Waals surface area contributed by atoms with Gasteiger partial charge in [-0.1, -0.05) is 0 Å². The summed E-state index contributed by atoms with van der Waals surface area (Å²) in [6.45, 7) is 8.36. The van der Waals surface area contributed by atoms with Crippen molar-refractivity contribution in [1.29, 1.82) is 0 Å². The van der Waals surface area contributed by atoms with E-state index in [-0.39, 0.29) is 18.4 Å². The van der Waals surface area contributed by atoms with Crippen LogP contribution in [0.5, 0.6) is 0 Å². The first-order valence-electron chi connectivity index (χ1n) is 12.2. The Balaban J connectivity index is 1.52. The molecule has 36 heavy (non-hydrogen) atoms. The first-order chi connectivity index (χ1) is 17.2. The zero-order valence-electron chi connectivity index (χ0n) is 21.1. The zero-order valence-corrected chi connectivity index (χ0v) is 21.1. The summed E-state index contributed by atoms with van der Waals surface area (Å²) in [5.41, 5.74) is 6.91. The monoisotopic (exact) mass is 497 g/mol. The van der Waals surface area contributed by atoms with Crippen molar-refractivity contribution in [1.82, 2.24) is 25.7 Å². The largest absolute Gasteiger partial charge is 0.465 e. The van der Waals surface area contributed by atoms with Gasteiger partial charge in [-0.3, -0.25) is 0 Å². The van der Waals surface area contributed by atoms with Crippen LogP contribution < -0.4 is 10.7 Å². The van der Waals surface area contributed by atoms with Gasteiger partial charge in [0.15, 0.2) is 5.82 Å². The normalized spacial score (nSPS) is 17.2. The van der Waals surface area contributed by atoms with Gasteiger partial charge in [0.25, 0.3) is 0 Å². The first-order valence-corrected chi connectivity index (χ1v) is 12.2. The molecule has 0 saturated heterocycles. The van der Waals surface area contributed by atoms with E-state index >= 15 is 0 Å². The van der Waals surface area contributed by atoms with Crippen LogP contribution in [-0.4, -0.2) is 58.4 Å². The van der Waals surface area contributed by atoms with E-state index in [4.69, 9.17) is 14.5 Å². The van der Waals surface area contributed by atoms with Crippen molar-refractivity contribution in [2.45, 2.75) is 58.6 Å². The lowest BCUT2D eigenvalue weighted by Crippen LogP contribution is -2.46. The molecule has 0 saturated carbocycles. The van der Waals surface area contributed by atoms with Crippen LogP contribution in [0.25, 0.3) is 17.1 Å². The highest BCUT2D eigenvalue weighted by Gasteiger charge is 2.41. The average Bonchev–Trinajstić information content (AvgIpc) is 3.20. The Hall–Kier alpha value is -3.53. The third-order valence-electron chi connectivity index (χ3n) is 5.84. The third kappa shape index (κ3) is 5.81. The van der Waals surface area contributed by atoms with Crippen molar-refractivity contribution >= 4 is 17.8 Å². The molecule has 0 bridgehead atoms. The Bertz CT molecular complexity index is 1160. The quantitative estimate of drug-likeness (QED) is 0.442. The standard InChI is InChI=1S/C26H32FN5O4/c1-5-35-24(33)22-19-12-9-17-15-29-23(16-7-10-18(27)11-8-16)30-20(17)21(19)31-32(22)14-6-13-28-25(34)36-26(2,3)4/h7-8,10-11,15,22,31H,5-6,9,12-14H2,1-4H3,(H,28,34). The molecular weight excluding hydrogens is 465 g/mol. The molecule has 192 valence electrons. The van der Waals surface area contributed by atoms with E-state index in [1.165, 1.54) is 12.1 Å². The van der Waals surface area contributed by atoms with Crippen LogP contribution >= 0.6 is 0 Å². The number of hydrogen-bond acceptors (Lipinski definition) is 8. The van der Waals surface area contributed by atoms with E-state index in [0.717, 1.165) is 22.5 Å². The molecule has 2 heterocycles. The fourth-order valence-corrected chi connectivity index (χ4v) is 4.31. The molecule has 1 aromatic carbocycles. The van der Waals surface area contributed by atoms with E-state index < -0.39 is 17.7 Å². The topological polar surface area (TPSA) is 106 Å². The maximum absolute atomic E-state index is 13.4. The molecule has 1 unspecified atom stereocenters. The first kappa shape index (κ1) is 25.6. The van der Waals surface area contributed by atoms with Gasteiger partial charge >= 0.3 is 12.1 Å². The van der Waals surface area contributed by atoms with E-state index in [1.807, 2.05) is 25.8 Å². The van der Waals surface area contributed by atoms with Crippen LogP contribution in [0.2, 0.25) is 0 Å². The highest BCUT2D eigenvalue weighted by atomic mass is 19.1. The molecular formula is C26H32FN5O4. The smallest absolute Gasteiger partial charge is 0.407 e. The number of rotatable bonds is 7. The lowest BCUT2D eigenvalue weighted by atomic mass is 9.90. The second kappa shape index (κ2) is 10.6. The van der Waals surface area contributed by atoms with Gasteiger partial charge in [-0.05, 0) is 82.4 Å². The van der Waals surface area contributed by atoms with E-state index in [2.05, 4.69) is 15.7 Å². The lowest BCUT2D eigenvalue weighted by molar-refractivity contribution is -0.148. The van der Waals surface area contributed by atoms with Crippen LogP contribution in [0.4, 0.5) is 9.18 Å². The number of aromatic nitrogens is 2. The number of carbonyl (C=O) groups is 2. The number of hydrazine groups is 1. The van der Waals surface area contributed by atoms with Crippen molar-refractivity contribution in [3.63, 3.8) is 0 Å². The van der Waals surface area contributed by atoms with Crippen LogP contribution in [-0.2, 0) is 20.7 Å². The van der Waals surface area contributed by atoms with Gasteiger partial charge in [0, 0.05) is 24.8 Å². The average molecular weight is 498 g/mol. The molecule has 4 rings (SSSR count). The maximum Gasteiger partial charge on any atom is 0.407 e. The van der Waals surface area contributed by atoms with Crippen molar-refractivity contribution in [2.24, 2.45) is 0 Å². The summed E-state index contributed by atoms with van der Waals surface area (Å²) >= 11 is 0. The molecule has 1 aliphatic carbocycles. The summed E-state index contributed by atoms with van der Waals surface area (Å²) in [6, 6.07) is 5.45. The number of carbonyl (C=O) groups excluding carboxylic acids is 2. The van der Waals surface area contributed by atoms with Gasteiger partial charge in [-0.2, -0.15) is 0 Å². The number of benzene rings is 1. The second-order valence-electron chi connectivity index (χ2n) is 9.72. The number of alkyl carbamates (subject to hydrolysis) is 1. The minimum Gasteiger partial charge on any atom is -0.465 e. The highest BCUT2D eigenvalue weighted by Crippen LogP contribution is 2.37. The van der Waals surface area contributed by atoms with E-state index in [1.54, 1.807) is 25.3 Å². The lowest BCUT2D eigenvalue weighted by Gasteiger charge is -2.25.